The van der Waals surface area contributed by atoms with E-state index in [0.717, 1.165) is 49.6 Å². The van der Waals surface area contributed by atoms with Gasteiger partial charge in [-0.1, -0.05) is 6.92 Å². The molecule has 0 aromatic carbocycles. The molecule has 0 heterocycles. The van der Waals surface area contributed by atoms with E-state index in [4.69, 9.17) is 10.2 Å². The van der Waals surface area contributed by atoms with Crippen LogP contribution in [0.2, 0.25) is 0 Å². The van der Waals surface area contributed by atoms with Gasteiger partial charge in [-0.2, -0.15) is 0 Å². The molecule has 0 spiro atoms. The molecular weight excluding hydrogens is 180 g/mol. The molecule has 0 fully saturated rings. The fourth-order valence-corrected chi connectivity index (χ4v) is 1.69. The van der Waals surface area contributed by atoms with Crippen LogP contribution in [0.3, 0.4) is 0 Å². The van der Waals surface area contributed by atoms with E-state index in [9.17, 15) is 0 Å². The van der Waals surface area contributed by atoms with E-state index in [0.29, 0.717) is 0 Å². The van der Waals surface area contributed by atoms with Crippen LogP contribution in [0.5, 0.6) is 0 Å². The second kappa shape index (κ2) is 10.2. The van der Waals surface area contributed by atoms with E-state index in [-0.39, 0.29) is 0 Å². The third-order valence-electron chi connectivity index (χ3n) is 2.04. The largest absolute Gasteiger partial charge is 0.428 e. The Morgan fingerprint density at radius 2 is 1.92 bits per heavy atom. The van der Waals surface area contributed by atoms with Crippen LogP contribution in [-0.2, 0) is 4.43 Å². The van der Waals surface area contributed by atoms with E-state index in [1.807, 2.05) is 0 Å². The summed E-state index contributed by atoms with van der Waals surface area (Å²) in [6, 6.07) is 0. The lowest BCUT2D eigenvalue weighted by molar-refractivity contribution is 0.240. The lowest BCUT2D eigenvalue weighted by atomic mass is 10.3. The number of nitrogens with two attached hydrogens (primary N) is 1. The van der Waals surface area contributed by atoms with Gasteiger partial charge >= 0.3 is 0 Å². The first kappa shape index (κ1) is 13.1. The maximum atomic E-state index is 5.48. The average Bonchev–Trinajstić information content (AvgIpc) is 2.14. The highest BCUT2D eigenvalue weighted by molar-refractivity contribution is 5.97. The maximum Gasteiger partial charge on any atom is 0.145 e. The van der Waals surface area contributed by atoms with Crippen molar-refractivity contribution in [2.24, 2.45) is 5.73 Å². The van der Waals surface area contributed by atoms with E-state index in [2.05, 4.69) is 11.8 Å². The normalized spacial score (nSPS) is 11.3. The number of hydrogen-bond donors (Lipinski definition) is 1. The molecule has 0 saturated carbocycles. The average molecular weight is 204 g/mol. The van der Waals surface area contributed by atoms with Crippen LogP contribution in [0.1, 0.15) is 26.2 Å². The SMILES string of the molecule is CCCN(CCCN)CCCO[SiH3]. The Morgan fingerprint density at radius 1 is 1.23 bits per heavy atom. The summed E-state index contributed by atoms with van der Waals surface area (Å²) >= 11 is 0. The van der Waals surface area contributed by atoms with Crippen LogP contribution >= 0.6 is 0 Å². The molecule has 0 amide bonds. The van der Waals surface area contributed by atoms with Gasteiger partial charge in [-0.15, -0.1) is 0 Å². The van der Waals surface area contributed by atoms with Gasteiger partial charge in [0.25, 0.3) is 0 Å². The summed E-state index contributed by atoms with van der Waals surface area (Å²) < 4.78 is 5.16. The molecule has 0 aliphatic carbocycles. The van der Waals surface area contributed by atoms with Gasteiger partial charge in [0.05, 0.1) is 0 Å². The quantitative estimate of drug-likeness (QED) is 0.415. The first-order valence-electron chi connectivity index (χ1n) is 5.26. The molecule has 0 aliphatic rings. The summed E-state index contributed by atoms with van der Waals surface area (Å²) in [5, 5.41) is 0. The zero-order valence-corrected chi connectivity index (χ0v) is 11.1. The van der Waals surface area contributed by atoms with Crippen molar-refractivity contribution in [3.63, 3.8) is 0 Å². The fraction of sp³-hybridized carbons (Fsp3) is 1.00. The van der Waals surface area contributed by atoms with Gasteiger partial charge in [-0.3, -0.25) is 0 Å². The Balaban J connectivity index is 3.41. The Hall–Kier alpha value is 0.0969. The molecule has 0 saturated heterocycles. The highest BCUT2D eigenvalue weighted by Gasteiger charge is 2.01. The van der Waals surface area contributed by atoms with Gasteiger partial charge in [0, 0.05) is 13.2 Å². The van der Waals surface area contributed by atoms with Crippen LogP contribution < -0.4 is 5.73 Å². The Morgan fingerprint density at radius 3 is 2.46 bits per heavy atom. The van der Waals surface area contributed by atoms with Crippen molar-refractivity contribution in [2.75, 3.05) is 32.8 Å². The van der Waals surface area contributed by atoms with Crippen molar-refractivity contribution >= 4 is 10.5 Å². The lowest BCUT2D eigenvalue weighted by Gasteiger charge is -2.20. The molecule has 3 nitrogen and oxygen atoms in total. The van der Waals surface area contributed by atoms with Crippen molar-refractivity contribution in [3.05, 3.63) is 0 Å². The summed E-state index contributed by atoms with van der Waals surface area (Å²) in [6.45, 7) is 7.45. The molecule has 4 heteroatoms. The fourth-order valence-electron chi connectivity index (χ4n) is 1.40. The van der Waals surface area contributed by atoms with Gasteiger partial charge in [0.15, 0.2) is 0 Å². The summed E-state index contributed by atoms with van der Waals surface area (Å²) in [7, 11) is 0.866. The minimum absolute atomic E-state index is 0.803. The second-order valence-corrected chi connectivity index (χ2v) is 3.91. The van der Waals surface area contributed by atoms with Crippen molar-refractivity contribution in [2.45, 2.75) is 26.2 Å². The molecule has 0 bridgehead atoms. The van der Waals surface area contributed by atoms with Crippen molar-refractivity contribution < 1.29 is 4.43 Å². The summed E-state index contributed by atoms with van der Waals surface area (Å²) in [6.07, 6.45) is 3.50. The molecule has 0 aromatic rings. The monoisotopic (exact) mass is 204 g/mol. The minimum Gasteiger partial charge on any atom is -0.428 e. The van der Waals surface area contributed by atoms with Gasteiger partial charge in [0.2, 0.25) is 0 Å². The van der Waals surface area contributed by atoms with Crippen LogP contribution in [0.25, 0.3) is 0 Å². The van der Waals surface area contributed by atoms with Crippen molar-refractivity contribution in [3.8, 4) is 0 Å². The molecule has 0 radical (unpaired) electrons. The van der Waals surface area contributed by atoms with Crippen LogP contribution in [0.15, 0.2) is 0 Å². The van der Waals surface area contributed by atoms with Crippen LogP contribution in [-0.4, -0.2) is 48.2 Å². The first-order valence-corrected chi connectivity index (χ1v) is 6.08. The molecule has 2 N–H and O–H groups in total. The van der Waals surface area contributed by atoms with Gasteiger partial charge in [-0.25, -0.2) is 0 Å². The highest BCUT2D eigenvalue weighted by Crippen LogP contribution is 1.95. The van der Waals surface area contributed by atoms with Crippen molar-refractivity contribution in [1.29, 1.82) is 0 Å². The highest BCUT2D eigenvalue weighted by atomic mass is 28.2. The molecule has 80 valence electrons. The smallest absolute Gasteiger partial charge is 0.145 e. The van der Waals surface area contributed by atoms with Gasteiger partial charge < -0.3 is 15.1 Å². The van der Waals surface area contributed by atoms with Crippen LogP contribution in [0, 0.1) is 0 Å². The van der Waals surface area contributed by atoms with Gasteiger partial charge in [-0.05, 0) is 38.9 Å². The number of rotatable bonds is 9. The third kappa shape index (κ3) is 8.43. The standard InChI is InChI=1S/C9H24N2OSi/c1-2-6-11(7-3-5-10)8-4-9-12-13/h2-10H2,1,13H3. The van der Waals surface area contributed by atoms with E-state index in [1.165, 1.54) is 13.0 Å². The van der Waals surface area contributed by atoms with Gasteiger partial charge in [0.1, 0.15) is 10.5 Å². The summed E-state index contributed by atoms with van der Waals surface area (Å²) in [5.41, 5.74) is 5.48. The topological polar surface area (TPSA) is 38.5 Å². The predicted octanol–water partition coefficient (Wildman–Crippen LogP) is -0.266. The predicted molar refractivity (Wildman–Crippen MR) is 60.9 cm³/mol. The molecule has 0 rings (SSSR count). The minimum atomic E-state index is 0.803. The van der Waals surface area contributed by atoms with E-state index < -0.39 is 0 Å². The molecule has 0 aromatic heterocycles. The van der Waals surface area contributed by atoms with Crippen LogP contribution in [0.4, 0.5) is 0 Å². The molecular formula is C9H24N2OSi. The van der Waals surface area contributed by atoms with E-state index >= 15 is 0 Å². The first-order chi connectivity index (χ1) is 6.35. The molecule has 0 aliphatic heterocycles. The number of nitrogens with zero attached hydrogens (tertiary/aromatic N) is 1. The molecule has 13 heavy (non-hydrogen) atoms. The summed E-state index contributed by atoms with van der Waals surface area (Å²) in [4.78, 5) is 2.48. The zero-order chi connectivity index (χ0) is 9.94. The third-order valence-corrected chi connectivity index (χ3v) is 2.45. The Labute approximate surface area is 85.2 Å². The van der Waals surface area contributed by atoms with E-state index in [1.54, 1.807) is 0 Å². The Kier molecular flexibility index (Phi) is 10.3. The van der Waals surface area contributed by atoms with Crippen molar-refractivity contribution in [1.82, 2.24) is 4.90 Å². The lowest BCUT2D eigenvalue weighted by Crippen LogP contribution is -2.28. The molecule has 0 atom stereocenters. The Bertz CT molecular complexity index is 104. The molecule has 0 unspecified atom stereocenters. The summed E-state index contributed by atoms with van der Waals surface area (Å²) in [5.74, 6) is 0. The zero-order valence-electron chi connectivity index (χ0n) is 9.09. The second-order valence-electron chi connectivity index (χ2n) is 3.33. The maximum absolute atomic E-state index is 5.48. The number of hydrogen-bond acceptors (Lipinski definition) is 3.